The van der Waals surface area contributed by atoms with Crippen molar-refractivity contribution in [1.82, 2.24) is 9.80 Å². The highest BCUT2D eigenvalue weighted by Gasteiger charge is 2.23. The van der Waals surface area contributed by atoms with Crippen LogP contribution in [0.2, 0.25) is 0 Å². The first-order chi connectivity index (χ1) is 13.5. The highest BCUT2D eigenvalue weighted by atomic mass is 16.5. The second-order valence-corrected chi connectivity index (χ2v) is 7.58. The van der Waals surface area contributed by atoms with Crippen LogP contribution in [0, 0.1) is 20.8 Å². The van der Waals surface area contributed by atoms with Crippen molar-refractivity contribution in [2.75, 3.05) is 39.3 Å². The van der Waals surface area contributed by atoms with Gasteiger partial charge in [-0.1, -0.05) is 30.3 Å². The molecule has 1 amide bonds. The van der Waals surface area contributed by atoms with Gasteiger partial charge >= 0.3 is 0 Å². The van der Waals surface area contributed by atoms with Gasteiger partial charge in [0.1, 0.15) is 18.5 Å². The lowest BCUT2D eigenvalue weighted by atomic mass is 10.1. The van der Waals surface area contributed by atoms with Gasteiger partial charge in [0.15, 0.2) is 0 Å². The number of aliphatic hydroxyl groups excluding tert-OH is 1. The average Bonchev–Trinajstić information content (AvgIpc) is 2.71. The predicted molar refractivity (Wildman–Crippen MR) is 111 cm³/mol. The monoisotopic (exact) mass is 382 g/mol. The van der Waals surface area contributed by atoms with Gasteiger partial charge in [0, 0.05) is 38.3 Å². The fourth-order valence-corrected chi connectivity index (χ4v) is 3.57. The zero-order chi connectivity index (χ0) is 20.1. The number of rotatable bonds is 6. The van der Waals surface area contributed by atoms with Crippen LogP contribution in [0.25, 0.3) is 0 Å². The Morgan fingerprint density at radius 3 is 2.32 bits per heavy atom. The zero-order valence-corrected chi connectivity index (χ0v) is 17.0. The second kappa shape index (κ2) is 9.22. The van der Waals surface area contributed by atoms with Crippen LogP contribution in [-0.2, 0) is 0 Å². The lowest BCUT2D eigenvalue weighted by molar-refractivity contribution is 0.0402. The Balaban J connectivity index is 1.46. The van der Waals surface area contributed by atoms with E-state index in [1.165, 1.54) is 5.56 Å². The summed E-state index contributed by atoms with van der Waals surface area (Å²) in [7, 11) is 0. The van der Waals surface area contributed by atoms with Crippen LogP contribution in [0.3, 0.4) is 0 Å². The molecule has 2 aromatic carbocycles. The Morgan fingerprint density at radius 1 is 1.00 bits per heavy atom. The molecule has 0 aromatic heterocycles. The maximum Gasteiger partial charge on any atom is 0.253 e. The van der Waals surface area contributed by atoms with Crippen molar-refractivity contribution in [2.24, 2.45) is 0 Å². The smallest absolute Gasteiger partial charge is 0.253 e. The van der Waals surface area contributed by atoms with Gasteiger partial charge in [-0.05, 0) is 49.6 Å². The number of ether oxygens (including phenoxy) is 1. The van der Waals surface area contributed by atoms with Gasteiger partial charge in [0.05, 0.1) is 0 Å². The Bertz CT molecular complexity index is 799. The number of piperazine rings is 1. The highest BCUT2D eigenvalue weighted by Crippen LogP contribution is 2.25. The maximum atomic E-state index is 12.5. The van der Waals surface area contributed by atoms with Crippen molar-refractivity contribution < 1.29 is 14.6 Å². The molecule has 2 aromatic rings. The molecule has 0 bridgehead atoms. The molecular formula is C23H30N2O3. The second-order valence-electron chi connectivity index (χ2n) is 7.58. The summed E-state index contributed by atoms with van der Waals surface area (Å²) in [6.45, 7) is 9.84. The van der Waals surface area contributed by atoms with Gasteiger partial charge in [-0.3, -0.25) is 9.69 Å². The number of benzene rings is 2. The van der Waals surface area contributed by atoms with Crippen LogP contribution in [0.5, 0.6) is 5.75 Å². The summed E-state index contributed by atoms with van der Waals surface area (Å²) in [5, 5.41) is 10.4. The van der Waals surface area contributed by atoms with Crippen LogP contribution >= 0.6 is 0 Å². The molecule has 1 fully saturated rings. The van der Waals surface area contributed by atoms with Crippen LogP contribution in [0.4, 0.5) is 0 Å². The van der Waals surface area contributed by atoms with E-state index in [0.29, 0.717) is 19.6 Å². The van der Waals surface area contributed by atoms with E-state index in [1.807, 2.05) is 55.1 Å². The first-order valence-corrected chi connectivity index (χ1v) is 9.90. The lowest BCUT2D eigenvalue weighted by Gasteiger charge is -2.35. The minimum atomic E-state index is -0.560. The van der Waals surface area contributed by atoms with Crippen LogP contribution in [-0.4, -0.2) is 66.2 Å². The molecule has 0 radical (unpaired) electrons. The summed E-state index contributed by atoms with van der Waals surface area (Å²) < 4.78 is 5.93. The summed E-state index contributed by atoms with van der Waals surface area (Å²) >= 11 is 0. The molecule has 0 spiro atoms. The number of aliphatic hydroxyl groups is 1. The van der Waals surface area contributed by atoms with E-state index < -0.39 is 6.10 Å². The van der Waals surface area contributed by atoms with E-state index in [2.05, 4.69) is 17.9 Å². The topological polar surface area (TPSA) is 53.0 Å². The van der Waals surface area contributed by atoms with E-state index in [-0.39, 0.29) is 12.5 Å². The summed E-state index contributed by atoms with van der Waals surface area (Å²) in [5.41, 5.74) is 4.13. The number of carbonyl (C=O) groups is 1. The first-order valence-electron chi connectivity index (χ1n) is 9.90. The van der Waals surface area contributed by atoms with Crippen molar-refractivity contribution in [2.45, 2.75) is 26.9 Å². The largest absolute Gasteiger partial charge is 0.490 e. The van der Waals surface area contributed by atoms with Crippen LogP contribution in [0.15, 0.2) is 42.5 Å². The molecule has 5 nitrogen and oxygen atoms in total. The number of aryl methyl sites for hydroxylation is 2. The van der Waals surface area contributed by atoms with Crippen molar-refractivity contribution in [3.8, 4) is 5.75 Å². The Kier molecular flexibility index (Phi) is 6.70. The maximum absolute atomic E-state index is 12.5. The molecule has 28 heavy (non-hydrogen) atoms. The molecule has 0 aliphatic carbocycles. The fourth-order valence-electron chi connectivity index (χ4n) is 3.57. The quantitative estimate of drug-likeness (QED) is 0.835. The minimum absolute atomic E-state index is 0.0783. The molecular weight excluding hydrogens is 352 g/mol. The SMILES string of the molecule is Cc1ccc(C)c(OCC(O)CN2CCN(C(=O)c3ccccc3)CC2)c1C. The Morgan fingerprint density at radius 2 is 1.64 bits per heavy atom. The van der Waals surface area contributed by atoms with E-state index >= 15 is 0 Å². The number of nitrogens with zero attached hydrogens (tertiary/aromatic N) is 2. The molecule has 1 heterocycles. The molecule has 150 valence electrons. The molecule has 1 aliphatic rings. The molecule has 0 saturated carbocycles. The van der Waals surface area contributed by atoms with Crippen molar-refractivity contribution >= 4 is 5.91 Å². The van der Waals surface area contributed by atoms with Gasteiger partial charge in [0.2, 0.25) is 0 Å². The average molecular weight is 383 g/mol. The normalized spacial score (nSPS) is 16.1. The molecule has 1 unspecified atom stereocenters. The third-order valence-corrected chi connectivity index (χ3v) is 5.44. The summed E-state index contributed by atoms with van der Waals surface area (Å²) in [6, 6.07) is 13.5. The number of carbonyl (C=O) groups excluding carboxylic acids is 1. The van der Waals surface area contributed by atoms with E-state index in [1.54, 1.807) is 0 Å². The van der Waals surface area contributed by atoms with Crippen LogP contribution < -0.4 is 4.74 Å². The zero-order valence-electron chi connectivity index (χ0n) is 17.0. The summed E-state index contributed by atoms with van der Waals surface area (Å²) in [5.74, 6) is 0.951. The predicted octanol–water partition coefficient (Wildman–Crippen LogP) is 2.81. The van der Waals surface area contributed by atoms with Crippen LogP contribution in [0.1, 0.15) is 27.0 Å². The molecule has 1 atom stereocenters. The molecule has 3 rings (SSSR count). The minimum Gasteiger partial charge on any atom is -0.490 e. The lowest BCUT2D eigenvalue weighted by Crippen LogP contribution is -2.51. The third-order valence-electron chi connectivity index (χ3n) is 5.44. The van der Waals surface area contributed by atoms with Crippen molar-refractivity contribution in [3.05, 3.63) is 64.7 Å². The molecule has 1 saturated heterocycles. The molecule has 1 aliphatic heterocycles. The standard InChI is InChI=1S/C23H30N2O3/c1-17-9-10-18(2)22(19(17)3)28-16-21(26)15-24-11-13-25(14-12-24)23(27)20-7-5-4-6-8-20/h4-10,21,26H,11-16H2,1-3H3. The molecule has 5 heteroatoms. The van der Waals surface area contributed by atoms with E-state index in [0.717, 1.165) is 35.5 Å². The summed E-state index contributed by atoms with van der Waals surface area (Å²) in [6.07, 6.45) is -0.560. The van der Waals surface area contributed by atoms with Gasteiger partial charge in [0.25, 0.3) is 5.91 Å². The number of β-amino-alcohol motifs (C(OH)–C–C–N with tert-alkyl or cyclic N) is 1. The Labute approximate surface area is 167 Å². The van der Waals surface area contributed by atoms with Gasteiger partial charge < -0.3 is 14.7 Å². The Hall–Kier alpha value is -2.37. The van der Waals surface area contributed by atoms with Gasteiger partial charge in [-0.2, -0.15) is 0 Å². The number of amides is 1. The number of hydrogen-bond donors (Lipinski definition) is 1. The van der Waals surface area contributed by atoms with Crippen molar-refractivity contribution in [1.29, 1.82) is 0 Å². The van der Waals surface area contributed by atoms with Crippen molar-refractivity contribution in [3.63, 3.8) is 0 Å². The van der Waals surface area contributed by atoms with Gasteiger partial charge in [-0.25, -0.2) is 0 Å². The highest BCUT2D eigenvalue weighted by molar-refractivity contribution is 5.94. The van der Waals surface area contributed by atoms with E-state index in [4.69, 9.17) is 4.74 Å². The number of hydrogen-bond acceptors (Lipinski definition) is 4. The van der Waals surface area contributed by atoms with E-state index in [9.17, 15) is 9.90 Å². The third kappa shape index (κ3) is 4.91. The summed E-state index contributed by atoms with van der Waals surface area (Å²) in [4.78, 5) is 16.6. The fraction of sp³-hybridized carbons (Fsp3) is 0.435. The first kappa shape index (κ1) is 20.4. The molecule has 1 N–H and O–H groups in total. The van der Waals surface area contributed by atoms with Gasteiger partial charge in [-0.15, -0.1) is 0 Å².